The normalized spacial score (nSPS) is 13.6. The summed E-state index contributed by atoms with van der Waals surface area (Å²) < 4.78 is 0. The first-order valence-corrected chi connectivity index (χ1v) is 8.81. The molecule has 0 saturated carbocycles. The van der Waals surface area contributed by atoms with Gasteiger partial charge in [-0.15, -0.1) is 11.3 Å². The van der Waals surface area contributed by atoms with Gasteiger partial charge < -0.3 is 10.2 Å². The van der Waals surface area contributed by atoms with Crippen LogP contribution >= 0.6 is 11.3 Å². The van der Waals surface area contributed by atoms with Gasteiger partial charge in [-0.05, 0) is 24.5 Å². The number of aromatic nitrogens is 2. The van der Waals surface area contributed by atoms with Gasteiger partial charge in [-0.3, -0.25) is 19.9 Å². The molecule has 134 valence electrons. The Bertz CT molecular complexity index is 718. The molecule has 0 aliphatic rings. The molecule has 0 saturated heterocycles. The highest BCUT2D eigenvalue weighted by molar-refractivity contribution is 7.13. The summed E-state index contributed by atoms with van der Waals surface area (Å²) in [6, 6.07) is 1.75. The van der Waals surface area contributed by atoms with Crippen LogP contribution in [0.1, 0.15) is 26.0 Å². The minimum Gasteiger partial charge on any atom is -0.480 e. The van der Waals surface area contributed by atoms with Crippen molar-refractivity contribution in [1.82, 2.24) is 15.3 Å². The van der Waals surface area contributed by atoms with Crippen molar-refractivity contribution in [2.75, 3.05) is 0 Å². The van der Waals surface area contributed by atoms with E-state index in [-0.39, 0.29) is 12.3 Å². The lowest BCUT2D eigenvalue weighted by Crippen LogP contribution is -2.48. The third-order valence-electron chi connectivity index (χ3n) is 3.60. The van der Waals surface area contributed by atoms with E-state index >= 15 is 0 Å². The number of hydrogen-bond acceptors (Lipinski definition) is 6. The van der Waals surface area contributed by atoms with Crippen LogP contribution in [0.3, 0.4) is 0 Å². The minimum atomic E-state index is -1.09. The van der Waals surface area contributed by atoms with Gasteiger partial charge in [0.15, 0.2) is 0 Å². The van der Waals surface area contributed by atoms with Crippen LogP contribution in [0, 0.1) is 5.92 Å². The van der Waals surface area contributed by atoms with Crippen molar-refractivity contribution in [2.24, 2.45) is 5.92 Å². The van der Waals surface area contributed by atoms with Crippen molar-refractivity contribution in [2.45, 2.75) is 38.8 Å². The Morgan fingerprint density at radius 3 is 2.36 bits per heavy atom. The molecule has 2 heterocycles. The number of nitrogens with zero attached hydrogens (tertiary/aromatic N) is 2. The summed E-state index contributed by atoms with van der Waals surface area (Å²) in [4.78, 5) is 31.3. The SMILES string of the molecule is CC(C)C[C@H](N[C@@H](Cc1csc(-c2ccncc2)n1)C(=O)O)C(=O)O. The standard InChI is InChI=1S/C17H21N3O4S/c1-10(2)7-13(16(21)22)20-14(17(23)24)8-12-9-25-15(19-12)11-3-5-18-6-4-11/h3-6,9-10,13-14,20H,7-8H2,1-2H3,(H,21,22)(H,23,24)/t13-,14-/m0/s1. The molecule has 0 fully saturated rings. The Kier molecular flexibility index (Phi) is 6.60. The Morgan fingerprint density at radius 2 is 1.80 bits per heavy atom. The van der Waals surface area contributed by atoms with Crippen LogP contribution in [0.5, 0.6) is 0 Å². The molecule has 0 bridgehead atoms. The molecule has 3 N–H and O–H groups in total. The molecule has 0 amide bonds. The molecule has 0 aromatic carbocycles. The van der Waals surface area contributed by atoms with E-state index in [1.165, 1.54) is 11.3 Å². The average Bonchev–Trinajstić information content (AvgIpc) is 3.02. The van der Waals surface area contributed by atoms with Crippen LogP contribution in [0.25, 0.3) is 10.6 Å². The monoisotopic (exact) mass is 363 g/mol. The number of pyridine rings is 1. The highest BCUT2D eigenvalue weighted by atomic mass is 32.1. The quantitative estimate of drug-likeness (QED) is 0.626. The molecule has 2 aromatic heterocycles. The summed E-state index contributed by atoms with van der Waals surface area (Å²) >= 11 is 1.42. The lowest BCUT2D eigenvalue weighted by molar-refractivity contribution is -0.142. The van der Waals surface area contributed by atoms with Crippen LogP contribution in [-0.2, 0) is 16.0 Å². The smallest absolute Gasteiger partial charge is 0.321 e. The second kappa shape index (κ2) is 8.68. The van der Waals surface area contributed by atoms with Gasteiger partial charge in [0, 0.05) is 29.8 Å². The van der Waals surface area contributed by atoms with Crippen LogP contribution < -0.4 is 5.32 Å². The fraction of sp³-hybridized carbons (Fsp3) is 0.412. The zero-order valence-corrected chi connectivity index (χ0v) is 14.9. The molecular formula is C17H21N3O4S. The van der Waals surface area contributed by atoms with Gasteiger partial charge in [0.2, 0.25) is 0 Å². The van der Waals surface area contributed by atoms with E-state index in [0.29, 0.717) is 12.1 Å². The number of aliphatic carboxylic acids is 2. The third kappa shape index (κ3) is 5.61. The first-order chi connectivity index (χ1) is 11.9. The van der Waals surface area contributed by atoms with Gasteiger partial charge in [-0.1, -0.05) is 13.8 Å². The van der Waals surface area contributed by atoms with Crippen molar-refractivity contribution < 1.29 is 19.8 Å². The first-order valence-electron chi connectivity index (χ1n) is 7.93. The molecule has 0 radical (unpaired) electrons. The molecule has 25 heavy (non-hydrogen) atoms. The van der Waals surface area contributed by atoms with E-state index in [1.807, 2.05) is 26.0 Å². The molecule has 0 aliphatic heterocycles. The van der Waals surface area contributed by atoms with Crippen molar-refractivity contribution in [3.05, 3.63) is 35.6 Å². The molecule has 0 unspecified atom stereocenters. The maximum absolute atomic E-state index is 11.5. The Balaban J connectivity index is 2.10. The van der Waals surface area contributed by atoms with Crippen molar-refractivity contribution >= 4 is 23.3 Å². The fourth-order valence-corrected chi connectivity index (χ4v) is 3.25. The Morgan fingerprint density at radius 1 is 1.16 bits per heavy atom. The van der Waals surface area contributed by atoms with Gasteiger partial charge in [0.1, 0.15) is 17.1 Å². The molecule has 0 aliphatic carbocycles. The summed E-state index contributed by atoms with van der Waals surface area (Å²) in [6.07, 6.45) is 3.82. The lowest BCUT2D eigenvalue weighted by atomic mass is 10.0. The zero-order chi connectivity index (χ0) is 18.4. The predicted octanol–water partition coefficient (Wildman–Crippen LogP) is 2.29. The van der Waals surface area contributed by atoms with Gasteiger partial charge in [-0.25, -0.2) is 4.98 Å². The molecule has 7 nitrogen and oxygen atoms in total. The predicted molar refractivity (Wildman–Crippen MR) is 94.5 cm³/mol. The van der Waals surface area contributed by atoms with Gasteiger partial charge in [0.25, 0.3) is 0 Å². The summed E-state index contributed by atoms with van der Waals surface area (Å²) in [5.41, 5.74) is 1.53. The van der Waals surface area contributed by atoms with Crippen molar-refractivity contribution in [3.63, 3.8) is 0 Å². The molecular weight excluding hydrogens is 342 g/mol. The number of thiazole rings is 1. The second-order valence-corrected chi connectivity index (χ2v) is 7.02. The van der Waals surface area contributed by atoms with Gasteiger partial charge in [0.05, 0.1) is 5.69 Å². The minimum absolute atomic E-state index is 0.124. The largest absolute Gasteiger partial charge is 0.480 e. The highest BCUT2D eigenvalue weighted by Crippen LogP contribution is 2.23. The highest BCUT2D eigenvalue weighted by Gasteiger charge is 2.27. The van der Waals surface area contributed by atoms with E-state index in [1.54, 1.807) is 17.8 Å². The fourth-order valence-electron chi connectivity index (χ4n) is 2.41. The van der Waals surface area contributed by atoms with Crippen LogP contribution in [0.4, 0.5) is 0 Å². The van der Waals surface area contributed by atoms with Gasteiger partial charge in [-0.2, -0.15) is 0 Å². The number of carbonyl (C=O) groups is 2. The molecule has 0 spiro atoms. The Labute approximate surface area is 149 Å². The summed E-state index contributed by atoms with van der Waals surface area (Å²) in [5, 5.41) is 24.0. The number of hydrogen-bond donors (Lipinski definition) is 3. The number of carboxylic acid groups (broad SMARTS) is 2. The Hall–Kier alpha value is -2.32. The maximum Gasteiger partial charge on any atom is 0.321 e. The molecule has 2 rings (SSSR count). The molecule has 2 aromatic rings. The maximum atomic E-state index is 11.5. The second-order valence-electron chi connectivity index (χ2n) is 6.16. The first kappa shape index (κ1) is 19.0. The van der Waals surface area contributed by atoms with Gasteiger partial charge >= 0.3 is 11.9 Å². The number of nitrogens with one attached hydrogen (secondary N) is 1. The van der Waals surface area contributed by atoms with E-state index in [9.17, 15) is 19.8 Å². The summed E-state index contributed by atoms with van der Waals surface area (Å²) in [6.45, 7) is 3.80. The van der Waals surface area contributed by atoms with E-state index < -0.39 is 24.0 Å². The zero-order valence-electron chi connectivity index (χ0n) is 14.0. The average molecular weight is 363 g/mol. The van der Waals surface area contributed by atoms with Crippen LogP contribution in [-0.4, -0.2) is 44.2 Å². The topological polar surface area (TPSA) is 112 Å². The van der Waals surface area contributed by atoms with E-state index in [2.05, 4.69) is 15.3 Å². The van der Waals surface area contributed by atoms with E-state index in [4.69, 9.17) is 0 Å². The molecule has 8 heteroatoms. The van der Waals surface area contributed by atoms with E-state index in [0.717, 1.165) is 10.6 Å². The number of rotatable bonds is 9. The van der Waals surface area contributed by atoms with Crippen molar-refractivity contribution in [1.29, 1.82) is 0 Å². The van der Waals surface area contributed by atoms with Crippen LogP contribution in [0.2, 0.25) is 0 Å². The molecule has 2 atom stereocenters. The number of carboxylic acids is 2. The van der Waals surface area contributed by atoms with Crippen molar-refractivity contribution in [3.8, 4) is 10.6 Å². The van der Waals surface area contributed by atoms with Crippen LogP contribution in [0.15, 0.2) is 29.9 Å². The lowest BCUT2D eigenvalue weighted by Gasteiger charge is -2.21. The summed E-state index contributed by atoms with van der Waals surface area (Å²) in [7, 11) is 0. The third-order valence-corrected chi connectivity index (χ3v) is 4.54. The summed E-state index contributed by atoms with van der Waals surface area (Å²) in [5.74, 6) is -2.00.